The minimum atomic E-state index is -0.378. The number of aliphatic hydroxyl groups excluding tert-OH is 1. The zero-order valence-corrected chi connectivity index (χ0v) is 15.2. The van der Waals surface area contributed by atoms with Gasteiger partial charge >= 0.3 is 0 Å². The number of fused-ring (bicyclic) bond motifs is 5. The molecule has 4 heteroatoms. The number of carbonyl (C=O) groups excluding carboxylic acids is 1. The highest BCUT2D eigenvalue weighted by molar-refractivity contribution is 5.75. The summed E-state index contributed by atoms with van der Waals surface area (Å²) in [5.41, 5.74) is 2.64. The zero-order valence-electron chi connectivity index (χ0n) is 15.2. The molecule has 4 nitrogen and oxygen atoms in total. The summed E-state index contributed by atoms with van der Waals surface area (Å²) in [5.74, 6) is 2.08. The first-order valence-electron chi connectivity index (χ1n) is 9.64. The molecule has 0 aliphatic heterocycles. The molecule has 1 aromatic carbocycles. The molecule has 0 heterocycles. The largest absolute Gasteiger partial charge is 0.508 e. The molecule has 0 aromatic heterocycles. The van der Waals surface area contributed by atoms with Gasteiger partial charge in [0.25, 0.3) is 0 Å². The second kappa shape index (κ2) is 6.01. The van der Waals surface area contributed by atoms with Gasteiger partial charge in [-0.25, -0.2) is 0 Å². The summed E-state index contributed by atoms with van der Waals surface area (Å²) in [6.45, 7) is 2.24. The average Bonchev–Trinajstić information content (AvgIpc) is 2.85. The summed E-state index contributed by atoms with van der Waals surface area (Å²) in [4.78, 5) is 11.9. The number of benzene rings is 1. The molecular formula is C21H29NO3. The number of nitrogens with one attached hydrogen (secondary N) is 1. The fraction of sp³-hybridized carbons (Fsp3) is 0.667. The predicted octanol–water partition coefficient (Wildman–Crippen LogP) is 2.97. The standard InChI is InChI=1S/C21H29NO3/c1-21-8-7-16-15-6-4-14(23)9-12(15)3-5-17(16)18(21)10-13(20(21)25)11-19(24)22-2/h4,6,9,13,16-18,20,23,25H,3,5,7-8,10-11H2,1-2H3,(H,22,24)/t13?,16?,17?,18?,20-,21-/m0/s1. The van der Waals surface area contributed by atoms with Crippen molar-refractivity contribution in [3.63, 3.8) is 0 Å². The minimum absolute atomic E-state index is 0.0345. The number of phenolic OH excluding ortho intramolecular Hbond substituents is 1. The van der Waals surface area contributed by atoms with E-state index in [4.69, 9.17) is 0 Å². The van der Waals surface area contributed by atoms with E-state index in [1.807, 2.05) is 12.1 Å². The second-order valence-corrected chi connectivity index (χ2v) is 8.66. The summed E-state index contributed by atoms with van der Waals surface area (Å²) in [6.07, 6.45) is 5.26. The van der Waals surface area contributed by atoms with Gasteiger partial charge in [0, 0.05) is 13.5 Å². The van der Waals surface area contributed by atoms with Crippen molar-refractivity contribution >= 4 is 5.91 Å². The van der Waals surface area contributed by atoms with Gasteiger partial charge in [-0.1, -0.05) is 13.0 Å². The molecule has 4 unspecified atom stereocenters. The van der Waals surface area contributed by atoms with Gasteiger partial charge in [0.15, 0.2) is 0 Å². The summed E-state index contributed by atoms with van der Waals surface area (Å²) in [7, 11) is 1.67. The van der Waals surface area contributed by atoms with Crippen LogP contribution in [0.5, 0.6) is 5.75 Å². The van der Waals surface area contributed by atoms with Crippen LogP contribution in [-0.4, -0.2) is 29.3 Å². The number of aryl methyl sites for hydroxylation is 1. The van der Waals surface area contributed by atoms with E-state index >= 15 is 0 Å². The molecule has 2 saturated carbocycles. The molecule has 1 amide bonds. The lowest BCUT2D eigenvalue weighted by Crippen LogP contribution is -2.44. The van der Waals surface area contributed by atoms with E-state index in [9.17, 15) is 15.0 Å². The maximum Gasteiger partial charge on any atom is 0.220 e. The highest BCUT2D eigenvalue weighted by Crippen LogP contribution is 2.62. The summed E-state index contributed by atoms with van der Waals surface area (Å²) in [5, 5.41) is 23.5. The van der Waals surface area contributed by atoms with Gasteiger partial charge in [-0.15, -0.1) is 0 Å². The molecule has 0 radical (unpaired) electrons. The molecule has 0 bridgehead atoms. The molecule has 3 aliphatic rings. The fourth-order valence-electron chi connectivity index (χ4n) is 6.26. The summed E-state index contributed by atoms with van der Waals surface area (Å²) in [6, 6.07) is 5.85. The first-order valence-corrected chi connectivity index (χ1v) is 9.64. The smallest absolute Gasteiger partial charge is 0.220 e. The molecule has 3 N–H and O–H groups in total. The number of phenols is 1. The molecule has 3 aliphatic carbocycles. The van der Waals surface area contributed by atoms with Crippen LogP contribution in [0.15, 0.2) is 18.2 Å². The molecule has 4 rings (SSSR count). The molecular weight excluding hydrogens is 314 g/mol. The summed E-state index contributed by atoms with van der Waals surface area (Å²) < 4.78 is 0. The number of hydrogen-bond acceptors (Lipinski definition) is 3. The van der Waals surface area contributed by atoms with Gasteiger partial charge in [0.05, 0.1) is 6.10 Å². The Kier molecular flexibility index (Phi) is 4.06. The maximum absolute atomic E-state index is 11.9. The quantitative estimate of drug-likeness (QED) is 0.773. The van der Waals surface area contributed by atoms with Crippen LogP contribution in [0.25, 0.3) is 0 Å². The van der Waals surface area contributed by atoms with Gasteiger partial charge in [0.2, 0.25) is 5.91 Å². The molecule has 0 spiro atoms. The van der Waals surface area contributed by atoms with Crippen LogP contribution in [-0.2, 0) is 11.2 Å². The molecule has 25 heavy (non-hydrogen) atoms. The van der Waals surface area contributed by atoms with Crippen LogP contribution < -0.4 is 5.32 Å². The Balaban J connectivity index is 1.62. The van der Waals surface area contributed by atoms with Crippen molar-refractivity contribution in [1.29, 1.82) is 0 Å². The van der Waals surface area contributed by atoms with Crippen molar-refractivity contribution in [1.82, 2.24) is 5.32 Å². The van der Waals surface area contributed by atoms with Crippen LogP contribution in [0.4, 0.5) is 0 Å². The predicted molar refractivity (Wildman–Crippen MR) is 96.3 cm³/mol. The first-order chi connectivity index (χ1) is 11.9. The number of aromatic hydroxyl groups is 1. The van der Waals surface area contributed by atoms with E-state index < -0.39 is 0 Å². The van der Waals surface area contributed by atoms with E-state index in [1.165, 1.54) is 11.1 Å². The Morgan fingerprint density at radius 2 is 2.16 bits per heavy atom. The van der Waals surface area contributed by atoms with Crippen molar-refractivity contribution in [2.45, 2.75) is 57.5 Å². The van der Waals surface area contributed by atoms with E-state index in [0.29, 0.717) is 29.9 Å². The van der Waals surface area contributed by atoms with E-state index in [-0.39, 0.29) is 23.3 Å². The number of hydrogen-bond donors (Lipinski definition) is 3. The van der Waals surface area contributed by atoms with Crippen LogP contribution in [0.3, 0.4) is 0 Å². The Bertz CT molecular complexity index is 688. The lowest BCUT2D eigenvalue weighted by molar-refractivity contribution is -0.122. The molecule has 136 valence electrons. The molecule has 2 fully saturated rings. The SMILES string of the molecule is CNC(=O)CC1CC2C3CCc4cc(O)ccc4C3CC[C@]2(C)[C@H]1O. The van der Waals surface area contributed by atoms with Crippen LogP contribution in [0.1, 0.15) is 56.1 Å². The molecule has 1 aromatic rings. The van der Waals surface area contributed by atoms with Gasteiger partial charge < -0.3 is 15.5 Å². The van der Waals surface area contributed by atoms with Crippen molar-refractivity contribution in [3.8, 4) is 5.75 Å². The number of rotatable bonds is 2. The monoisotopic (exact) mass is 343 g/mol. The minimum Gasteiger partial charge on any atom is -0.508 e. The highest BCUT2D eigenvalue weighted by atomic mass is 16.3. The lowest BCUT2D eigenvalue weighted by atomic mass is 9.55. The third-order valence-electron chi connectivity index (χ3n) is 7.55. The van der Waals surface area contributed by atoms with Crippen LogP contribution in [0.2, 0.25) is 0 Å². The topological polar surface area (TPSA) is 69.6 Å². The van der Waals surface area contributed by atoms with Crippen molar-refractivity contribution in [2.75, 3.05) is 7.05 Å². The fourth-order valence-corrected chi connectivity index (χ4v) is 6.26. The van der Waals surface area contributed by atoms with Crippen molar-refractivity contribution in [2.24, 2.45) is 23.2 Å². The molecule has 6 atom stereocenters. The van der Waals surface area contributed by atoms with E-state index in [1.54, 1.807) is 7.05 Å². The Labute approximate surface area is 149 Å². The summed E-state index contributed by atoms with van der Waals surface area (Å²) >= 11 is 0. The van der Waals surface area contributed by atoms with Crippen LogP contribution >= 0.6 is 0 Å². The highest BCUT2D eigenvalue weighted by Gasteiger charge is 2.57. The normalized spacial score (nSPS) is 39.2. The lowest BCUT2D eigenvalue weighted by Gasteiger charge is -2.50. The second-order valence-electron chi connectivity index (χ2n) is 8.66. The van der Waals surface area contributed by atoms with Gasteiger partial charge in [-0.05, 0) is 84.5 Å². The van der Waals surface area contributed by atoms with Crippen molar-refractivity contribution in [3.05, 3.63) is 29.3 Å². The maximum atomic E-state index is 11.9. The number of amides is 1. The Morgan fingerprint density at radius 1 is 1.36 bits per heavy atom. The van der Waals surface area contributed by atoms with Gasteiger partial charge in [-0.3, -0.25) is 4.79 Å². The number of aliphatic hydroxyl groups is 1. The Morgan fingerprint density at radius 3 is 2.92 bits per heavy atom. The number of carbonyl (C=O) groups is 1. The van der Waals surface area contributed by atoms with E-state index in [0.717, 1.165) is 32.1 Å². The van der Waals surface area contributed by atoms with E-state index in [2.05, 4.69) is 18.3 Å². The van der Waals surface area contributed by atoms with Crippen LogP contribution in [0, 0.1) is 23.2 Å². The third-order valence-corrected chi connectivity index (χ3v) is 7.55. The molecule has 0 saturated heterocycles. The van der Waals surface area contributed by atoms with Gasteiger partial charge in [0.1, 0.15) is 5.75 Å². The third kappa shape index (κ3) is 2.57. The van der Waals surface area contributed by atoms with Gasteiger partial charge in [-0.2, -0.15) is 0 Å². The first kappa shape index (κ1) is 16.9. The zero-order chi connectivity index (χ0) is 17.8. The Hall–Kier alpha value is -1.55. The van der Waals surface area contributed by atoms with Crippen molar-refractivity contribution < 1.29 is 15.0 Å². The average molecular weight is 343 g/mol.